The third-order valence-corrected chi connectivity index (χ3v) is 5.96. The Balaban J connectivity index is 1.62. The molecule has 0 radical (unpaired) electrons. The zero-order valence-corrected chi connectivity index (χ0v) is 16.0. The summed E-state index contributed by atoms with van der Waals surface area (Å²) in [6, 6.07) is 7.61. The molecule has 27 heavy (non-hydrogen) atoms. The monoisotopic (exact) mass is 387 g/mol. The van der Waals surface area contributed by atoms with Crippen molar-refractivity contribution in [3.05, 3.63) is 45.8 Å². The number of nitrogens with one attached hydrogen (secondary N) is 2. The van der Waals surface area contributed by atoms with E-state index < -0.39 is 0 Å². The van der Waals surface area contributed by atoms with Gasteiger partial charge in [-0.25, -0.2) is 4.79 Å². The maximum atomic E-state index is 12.8. The lowest BCUT2D eigenvalue weighted by Crippen LogP contribution is -2.39. The molecule has 142 valence electrons. The highest BCUT2D eigenvalue weighted by atomic mass is 32.1. The van der Waals surface area contributed by atoms with E-state index in [1.807, 2.05) is 24.3 Å². The fraction of sp³-hybridized carbons (Fsp3) is 0.368. The van der Waals surface area contributed by atoms with Crippen molar-refractivity contribution in [1.82, 2.24) is 10.2 Å². The highest BCUT2D eigenvalue weighted by Gasteiger charge is 2.35. The van der Waals surface area contributed by atoms with Crippen LogP contribution in [0.25, 0.3) is 0 Å². The average molecular weight is 387 g/mol. The summed E-state index contributed by atoms with van der Waals surface area (Å²) in [5.74, 6) is 0.621. The van der Waals surface area contributed by atoms with Crippen molar-refractivity contribution in [3.8, 4) is 5.75 Å². The third-order valence-electron chi connectivity index (χ3n) is 4.81. The van der Waals surface area contributed by atoms with Gasteiger partial charge in [-0.05, 0) is 25.0 Å². The number of nitrogens with zero attached hydrogens (tertiary/aromatic N) is 1. The van der Waals surface area contributed by atoms with E-state index in [2.05, 4.69) is 10.6 Å². The van der Waals surface area contributed by atoms with Crippen LogP contribution in [0, 0.1) is 0 Å². The summed E-state index contributed by atoms with van der Waals surface area (Å²) in [4.78, 5) is 27.6. The first-order valence-electron chi connectivity index (χ1n) is 8.89. The van der Waals surface area contributed by atoms with Crippen LogP contribution >= 0.6 is 11.3 Å². The number of carbonyl (C=O) groups is 2. The Morgan fingerprint density at radius 3 is 2.93 bits per heavy atom. The molecule has 0 spiro atoms. The van der Waals surface area contributed by atoms with E-state index >= 15 is 0 Å². The Morgan fingerprint density at radius 2 is 2.15 bits per heavy atom. The van der Waals surface area contributed by atoms with E-state index in [0.29, 0.717) is 37.4 Å². The van der Waals surface area contributed by atoms with Crippen LogP contribution < -0.4 is 15.4 Å². The topological polar surface area (TPSA) is 79.9 Å². The minimum absolute atomic E-state index is 0.0956. The molecule has 0 saturated heterocycles. The van der Waals surface area contributed by atoms with Crippen LogP contribution in [0.15, 0.2) is 24.3 Å². The van der Waals surface area contributed by atoms with E-state index in [4.69, 9.17) is 9.47 Å². The fourth-order valence-corrected chi connectivity index (χ4v) is 4.84. The SMILES string of the molecule is CCOC(=O)N1CCc2c(sc3c2C(=O)NC(c2ccccc2OC)N3)C1. The third kappa shape index (κ3) is 3.10. The number of anilines is 1. The summed E-state index contributed by atoms with van der Waals surface area (Å²) in [6.07, 6.45) is -0.0183. The number of ether oxygens (including phenoxy) is 2. The summed E-state index contributed by atoms with van der Waals surface area (Å²) in [6.45, 7) is 3.18. The smallest absolute Gasteiger partial charge is 0.410 e. The number of hydrogen-bond acceptors (Lipinski definition) is 6. The number of benzene rings is 1. The van der Waals surface area contributed by atoms with Gasteiger partial charge in [-0.3, -0.25) is 4.79 Å². The Hall–Kier alpha value is -2.74. The number of thiophene rings is 1. The molecule has 2 aliphatic heterocycles. The lowest BCUT2D eigenvalue weighted by Gasteiger charge is -2.28. The molecule has 2 aromatic rings. The van der Waals surface area contributed by atoms with Crippen molar-refractivity contribution < 1.29 is 19.1 Å². The van der Waals surface area contributed by atoms with Crippen LogP contribution in [0.1, 0.15) is 39.5 Å². The summed E-state index contributed by atoms with van der Waals surface area (Å²) >= 11 is 1.53. The van der Waals surface area contributed by atoms with Crippen molar-refractivity contribution in [2.24, 2.45) is 0 Å². The normalized spacial score (nSPS) is 18.1. The molecule has 2 N–H and O–H groups in total. The Bertz CT molecular complexity index is 895. The maximum Gasteiger partial charge on any atom is 0.410 e. The molecule has 0 aliphatic carbocycles. The largest absolute Gasteiger partial charge is 0.496 e. The number of methoxy groups -OCH3 is 1. The molecule has 3 heterocycles. The second-order valence-electron chi connectivity index (χ2n) is 6.37. The first kappa shape index (κ1) is 17.7. The van der Waals surface area contributed by atoms with Gasteiger partial charge in [-0.1, -0.05) is 18.2 Å². The number of rotatable bonds is 3. The maximum absolute atomic E-state index is 12.8. The van der Waals surface area contributed by atoms with Gasteiger partial charge in [-0.2, -0.15) is 0 Å². The second-order valence-corrected chi connectivity index (χ2v) is 7.48. The molecule has 1 aromatic heterocycles. The minimum atomic E-state index is -0.359. The van der Waals surface area contributed by atoms with Crippen LogP contribution in [0.5, 0.6) is 5.75 Å². The van der Waals surface area contributed by atoms with E-state index in [9.17, 15) is 9.59 Å². The molecule has 0 fully saturated rings. The summed E-state index contributed by atoms with van der Waals surface area (Å²) < 4.78 is 10.5. The van der Waals surface area contributed by atoms with E-state index in [0.717, 1.165) is 21.0 Å². The first-order chi connectivity index (χ1) is 13.1. The van der Waals surface area contributed by atoms with Gasteiger partial charge in [-0.15, -0.1) is 11.3 Å². The minimum Gasteiger partial charge on any atom is -0.496 e. The molecule has 7 nitrogen and oxygen atoms in total. The standard InChI is InChI=1S/C19H21N3O4S/c1-3-26-19(24)22-9-8-12-14(10-22)27-18-15(12)17(23)20-16(21-18)11-6-4-5-7-13(11)25-2/h4-7,16,21H,3,8-10H2,1-2H3,(H,20,23). The van der Waals surface area contributed by atoms with Crippen molar-refractivity contribution in [2.75, 3.05) is 25.6 Å². The number of hydrogen-bond donors (Lipinski definition) is 2. The van der Waals surface area contributed by atoms with Gasteiger partial charge in [0.1, 0.15) is 16.9 Å². The molecular formula is C19H21N3O4S. The Morgan fingerprint density at radius 1 is 1.33 bits per heavy atom. The zero-order valence-electron chi connectivity index (χ0n) is 15.2. The van der Waals surface area contributed by atoms with Crippen molar-refractivity contribution in [3.63, 3.8) is 0 Å². The molecule has 1 aromatic carbocycles. The van der Waals surface area contributed by atoms with Gasteiger partial charge >= 0.3 is 6.09 Å². The summed E-state index contributed by atoms with van der Waals surface area (Å²) in [7, 11) is 1.61. The number of fused-ring (bicyclic) bond motifs is 3. The molecule has 1 atom stereocenters. The molecule has 0 bridgehead atoms. The highest BCUT2D eigenvalue weighted by Crippen LogP contribution is 2.41. The lowest BCUT2D eigenvalue weighted by atomic mass is 10.0. The Labute approximate surface area is 161 Å². The van der Waals surface area contributed by atoms with Gasteiger partial charge in [0.05, 0.1) is 25.8 Å². The van der Waals surface area contributed by atoms with Crippen LogP contribution in [0.3, 0.4) is 0 Å². The van der Waals surface area contributed by atoms with E-state index in [-0.39, 0.29) is 18.2 Å². The van der Waals surface area contributed by atoms with Crippen molar-refractivity contribution >= 4 is 28.3 Å². The predicted octanol–water partition coefficient (Wildman–Crippen LogP) is 3.13. The second kappa shape index (κ2) is 7.11. The first-order valence-corrected chi connectivity index (χ1v) is 9.70. The summed E-state index contributed by atoms with van der Waals surface area (Å²) in [5.41, 5.74) is 2.60. The van der Waals surface area contributed by atoms with E-state index in [1.165, 1.54) is 11.3 Å². The van der Waals surface area contributed by atoms with Gasteiger partial charge in [0, 0.05) is 17.0 Å². The number of carbonyl (C=O) groups excluding carboxylic acids is 2. The van der Waals surface area contributed by atoms with Crippen LogP contribution in [0.4, 0.5) is 9.80 Å². The Kier molecular flexibility index (Phi) is 4.65. The number of amides is 2. The quantitative estimate of drug-likeness (QED) is 0.846. The van der Waals surface area contributed by atoms with Crippen LogP contribution in [-0.2, 0) is 17.7 Å². The van der Waals surface area contributed by atoms with Crippen molar-refractivity contribution in [2.45, 2.75) is 26.1 Å². The molecule has 8 heteroatoms. The van der Waals surface area contributed by atoms with Gasteiger partial charge < -0.3 is 25.0 Å². The molecule has 1 unspecified atom stereocenters. The molecular weight excluding hydrogens is 366 g/mol. The predicted molar refractivity (Wildman–Crippen MR) is 102 cm³/mol. The van der Waals surface area contributed by atoms with Gasteiger partial charge in [0.2, 0.25) is 0 Å². The van der Waals surface area contributed by atoms with Crippen molar-refractivity contribution in [1.29, 1.82) is 0 Å². The van der Waals surface area contributed by atoms with Gasteiger partial charge in [0.25, 0.3) is 5.91 Å². The van der Waals surface area contributed by atoms with Crippen LogP contribution in [0.2, 0.25) is 0 Å². The van der Waals surface area contributed by atoms with Crippen LogP contribution in [-0.4, -0.2) is 37.2 Å². The summed E-state index contributed by atoms with van der Waals surface area (Å²) in [5, 5.41) is 7.28. The lowest BCUT2D eigenvalue weighted by molar-refractivity contribution is 0.0933. The number of para-hydroxylation sites is 1. The van der Waals surface area contributed by atoms with E-state index in [1.54, 1.807) is 18.9 Å². The molecule has 2 aliphatic rings. The van der Waals surface area contributed by atoms with Gasteiger partial charge in [0.15, 0.2) is 0 Å². The molecule has 4 rings (SSSR count). The fourth-order valence-electron chi connectivity index (χ4n) is 3.55. The molecule has 0 saturated carbocycles. The zero-order chi connectivity index (χ0) is 19.0. The highest BCUT2D eigenvalue weighted by molar-refractivity contribution is 7.16. The molecule has 2 amide bonds. The average Bonchev–Trinajstić information content (AvgIpc) is 3.06.